The third-order valence-electron chi connectivity index (χ3n) is 1.56. The van der Waals surface area contributed by atoms with Crippen molar-refractivity contribution in [1.29, 1.82) is 0 Å². The maximum absolute atomic E-state index is 10.5. The molecule has 0 aromatic heterocycles. The summed E-state index contributed by atoms with van der Waals surface area (Å²) in [6.07, 6.45) is 10.6. The largest absolute Gasteiger partial charge is 0.370 e. The monoisotopic (exact) mass is 161 g/mol. The first kappa shape index (κ1) is 8.57. The lowest BCUT2D eigenvalue weighted by Gasteiger charge is -1.96. The second-order valence-electron chi connectivity index (χ2n) is 2.57. The molecule has 62 valence electrons. The van der Waals surface area contributed by atoms with Crippen LogP contribution in [0, 0.1) is 0 Å². The molecule has 12 heavy (non-hydrogen) atoms. The number of hydrogen-bond donors (Lipinski definition) is 1. The Balaban J connectivity index is 2.49. The van der Waals surface area contributed by atoms with Crippen LogP contribution in [0.4, 0.5) is 0 Å². The molecule has 0 bridgehead atoms. The lowest BCUT2D eigenvalue weighted by atomic mass is 10.1. The maximum Gasteiger partial charge on any atom is 0.217 e. The van der Waals surface area contributed by atoms with E-state index in [9.17, 15) is 4.79 Å². The highest BCUT2D eigenvalue weighted by atomic mass is 16.1. The van der Waals surface area contributed by atoms with Crippen LogP contribution in [0.3, 0.4) is 0 Å². The smallest absolute Gasteiger partial charge is 0.217 e. The van der Waals surface area contributed by atoms with Crippen LogP contribution >= 0.6 is 0 Å². The van der Waals surface area contributed by atoms with Crippen molar-refractivity contribution >= 4 is 5.91 Å². The number of nitrogens with two attached hydrogens (primary N) is 1. The predicted octanol–water partition coefficient (Wildman–Crippen LogP) is 1.46. The molecule has 0 fully saturated rings. The molecular formula is C10H11NO. The van der Waals surface area contributed by atoms with Gasteiger partial charge in [0.1, 0.15) is 0 Å². The fraction of sp³-hybridized carbons (Fsp3) is 0.200. The average Bonchev–Trinajstić information content (AvgIpc) is 2.28. The van der Waals surface area contributed by atoms with Crippen molar-refractivity contribution in [2.75, 3.05) is 0 Å². The third-order valence-corrected chi connectivity index (χ3v) is 1.56. The fourth-order valence-electron chi connectivity index (χ4n) is 0.928. The minimum atomic E-state index is -0.259. The van der Waals surface area contributed by atoms with E-state index in [4.69, 9.17) is 5.73 Å². The summed E-state index contributed by atoms with van der Waals surface area (Å²) >= 11 is 0. The first-order valence-corrected chi connectivity index (χ1v) is 3.85. The molecule has 0 aliphatic heterocycles. The van der Waals surface area contributed by atoms with E-state index in [2.05, 4.69) is 5.73 Å². The van der Waals surface area contributed by atoms with Gasteiger partial charge in [0.05, 0.1) is 0 Å². The van der Waals surface area contributed by atoms with Crippen molar-refractivity contribution in [3.8, 4) is 0 Å². The van der Waals surface area contributed by atoms with E-state index in [1.54, 1.807) is 0 Å². The quantitative estimate of drug-likeness (QED) is 0.625. The molecule has 2 N–H and O–H groups in total. The van der Waals surface area contributed by atoms with Gasteiger partial charge in [-0.2, -0.15) is 0 Å². The molecule has 2 nitrogen and oxygen atoms in total. The Hall–Kier alpha value is -1.53. The molecular weight excluding hydrogens is 150 g/mol. The van der Waals surface area contributed by atoms with Gasteiger partial charge in [-0.3, -0.25) is 4.79 Å². The molecule has 0 saturated carbocycles. The van der Waals surface area contributed by atoms with Gasteiger partial charge in [-0.05, 0) is 24.1 Å². The average molecular weight is 161 g/mol. The summed E-state index contributed by atoms with van der Waals surface area (Å²) in [7, 11) is 0. The third kappa shape index (κ3) is 3.04. The Morgan fingerprint density at radius 2 is 2.33 bits per heavy atom. The van der Waals surface area contributed by atoms with Crippen LogP contribution in [-0.2, 0) is 4.79 Å². The van der Waals surface area contributed by atoms with Gasteiger partial charge in [0.15, 0.2) is 0 Å². The summed E-state index contributed by atoms with van der Waals surface area (Å²) in [5, 5.41) is 0. The lowest BCUT2D eigenvalue weighted by Crippen LogP contribution is -2.09. The highest BCUT2D eigenvalue weighted by Crippen LogP contribution is 2.08. The standard InChI is InChI=1S/C10H11NO/c11-10(12)8-7-9-5-3-1-2-4-6-9/h1,3-6H,7-8H2,(H2,11,12). The van der Waals surface area contributed by atoms with Crippen molar-refractivity contribution in [2.45, 2.75) is 12.8 Å². The second-order valence-corrected chi connectivity index (χ2v) is 2.57. The van der Waals surface area contributed by atoms with E-state index in [1.807, 2.05) is 30.4 Å². The van der Waals surface area contributed by atoms with Crippen LogP contribution in [0.25, 0.3) is 0 Å². The van der Waals surface area contributed by atoms with E-state index in [-0.39, 0.29) is 5.91 Å². The van der Waals surface area contributed by atoms with E-state index >= 15 is 0 Å². The SMILES string of the molecule is NC(=O)CCC1=CC=C=CC=C1. The van der Waals surface area contributed by atoms with Crippen LogP contribution in [0.15, 0.2) is 41.7 Å². The van der Waals surface area contributed by atoms with Crippen LogP contribution in [-0.4, -0.2) is 5.91 Å². The van der Waals surface area contributed by atoms with E-state index in [1.165, 1.54) is 0 Å². The number of primary amides is 1. The predicted molar refractivity (Wildman–Crippen MR) is 48.3 cm³/mol. The number of hydrogen-bond acceptors (Lipinski definition) is 1. The zero-order valence-electron chi connectivity index (χ0n) is 6.79. The van der Waals surface area contributed by atoms with Gasteiger partial charge in [-0.15, -0.1) is 5.73 Å². The molecule has 0 heterocycles. The van der Waals surface area contributed by atoms with Crippen molar-refractivity contribution in [1.82, 2.24) is 0 Å². The van der Waals surface area contributed by atoms with Gasteiger partial charge in [-0.1, -0.05) is 18.2 Å². The molecule has 0 atom stereocenters. The molecule has 0 unspecified atom stereocenters. The van der Waals surface area contributed by atoms with Gasteiger partial charge in [0, 0.05) is 6.42 Å². The van der Waals surface area contributed by atoms with E-state index in [0.717, 1.165) is 5.57 Å². The number of carbonyl (C=O) groups excluding carboxylic acids is 1. The normalized spacial score (nSPS) is 14.2. The first-order valence-electron chi connectivity index (χ1n) is 3.85. The molecule has 1 rings (SSSR count). The van der Waals surface area contributed by atoms with Gasteiger partial charge >= 0.3 is 0 Å². The first-order chi connectivity index (χ1) is 5.79. The van der Waals surface area contributed by atoms with Crippen molar-refractivity contribution < 1.29 is 4.79 Å². The number of allylic oxidation sites excluding steroid dienone is 5. The minimum absolute atomic E-state index is 0.259. The summed E-state index contributed by atoms with van der Waals surface area (Å²) in [4.78, 5) is 10.5. The van der Waals surface area contributed by atoms with Crippen molar-refractivity contribution in [3.05, 3.63) is 41.7 Å². The van der Waals surface area contributed by atoms with Crippen LogP contribution < -0.4 is 5.73 Å². The number of rotatable bonds is 3. The second kappa shape index (κ2) is 4.37. The Kier molecular flexibility index (Phi) is 3.12. The Bertz CT molecular complexity index is 291. The van der Waals surface area contributed by atoms with E-state index < -0.39 is 0 Å². The van der Waals surface area contributed by atoms with Gasteiger partial charge < -0.3 is 5.73 Å². The van der Waals surface area contributed by atoms with E-state index in [0.29, 0.717) is 12.8 Å². The zero-order valence-corrected chi connectivity index (χ0v) is 6.79. The number of amides is 1. The van der Waals surface area contributed by atoms with Gasteiger partial charge in [0.2, 0.25) is 5.91 Å². The highest BCUT2D eigenvalue weighted by Gasteiger charge is 1.96. The summed E-state index contributed by atoms with van der Waals surface area (Å²) in [5.74, 6) is -0.259. The summed E-state index contributed by atoms with van der Waals surface area (Å²) in [6, 6.07) is 0. The Morgan fingerprint density at radius 1 is 1.50 bits per heavy atom. The zero-order chi connectivity index (χ0) is 8.81. The molecule has 0 spiro atoms. The fourth-order valence-corrected chi connectivity index (χ4v) is 0.928. The molecule has 0 radical (unpaired) electrons. The van der Waals surface area contributed by atoms with Crippen molar-refractivity contribution in [3.63, 3.8) is 0 Å². The molecule has 0 aromatic rings. The van der Waals surface area contributed by atoms with Crippen LogP contribution in [0.2, 0.25) is 0 Å². The van der Waals surface area contributed by atoms with Gasteiger partial charge in [0.25, 0.3) is 0 Å². The summed E-state index contributed by atoms with van der Waals surface area (Å²) in [5.41, 5.74) is 9.07. The molecule has 0 saturated heterocycles. The molecule has 2 heteroatoms. The highest BCUT2D eigenvalue weighted by molar-refractivity contribution is 5.74. The van der Waals surface area contributed by atoms with Crippen molar-refractivity contribution in [2.24, 2.45) is 5.73 Å². The molecule has 1 amide bonds. The topological polar surface area (TPSA) is 43.1 Å². The van der Waals surface area contributed by atoms with Crippen LogP contribution in [0.5, 0.6) is 0 Å². The Labute approximate surface area is 71.8 Å². The minimum Gasteiger partial charge on any atom is -0.370 e. The molecule has 1 aliphatic rings. The molecule has 1 aliphatic carbocycles. The lowest BCUT2D eigenvalue weighted by molar-refractivity contribution is -0.117. The Morgan fingerprint density at radius 3 is 3.08 bits per heavy atom. The summed E-state index contributed by atoms with van der Waals surface area (Å²) in [6.45, 7) is 0. The van der Waals surface area contributed by atoms with Gasteiger partial charge in [-0.25, -0.2) is 0 Å². The number of carbonyl (C=O) groups is 1. The molecule has 0 aromatic carbocycles. The van der Waals surface area contributed by atoms with Crippen LogP contribution in [0.1, 0.15) is 12.8 Å². The summed E-state index contributed by atoms with van der Waals surface area (Å²) < 4.78 is 0. The maximum atomic E-state index is 10.5.